The van der Waals surface area contributed by atoms with E-state index >= 15 is 0 Å². The molecular weight excluding hydrogens is 605 g/mol. The molecule has 1 N–H and O–H groups in total. The summed E-state index contributed by atoms with van der Waals surface area (Å²) in [5, 5.41) is 4.94. The topological polar surface area (TPSA) is 112 Å². The molecule has 1 atom stereocenters. The van der Waals surface area contributed by atoms with E-state index in [9.17, 15) is 49.1 Å². The Kier molecular flexibility index (Phi) is 9.07. The number of fused-ring (bicyclic) bond motifs is 1. The number of rotatable bonds is 10. The lowest BCUT2D eigenvalue weighted by Crippen LogP contribution is -2.30. The lowest BCUT2D eigenvalue weighted by molar-refractivity contribution is -0.150. The van der Waals surface area contributed by atoms with E-state index in [4.69, 9.17) is 4.74 Å². The average Bonchev–Trinajstić information content (AvgIpc) is 2.91. The van der Waals surface area contributed by atoms with E-state index in [-0.39, 0.29) is 41.5 Å². The fraction of sp³-hybridized carbons (Fsp3) is 0.320. The maximum Gasteiger partial charge on any atom is 0.425 e. The smallest absolute Gasteiger partial charge is 0.425 e. The molecule has 0 radical (unpaired) electrons. The number of nitrogens with zero attached hydrogens (tertiary/aromatic N) is 4. The first-order valence-electron chi connectivity index (χ1n) is 12.1. The van der Waals surface area contributed by atoms with Crippen LogP contribution in [0.2, 0.25) is 0 Å². The van der Waals surface area contributed by atoms with Gasteiger partial charge in [0, 0.05) is 25.1 Å². The van der Waals surface area contributed by atoms with E-state index in [1.54, 1.807) is 5.10 Å². The Morgan fingerprint density at radius 1 is 0.977 bits per heavy atom. The number of alkyl halides is 8. The highest BCUT2D eigenvalue weighted by atomic mass is 19.4. The van der Waals surface area contributed by atoms with Crippen molar-refractivity contribution < 1.29 is 49.0 Å². The summed E-state index contributed by atoms with van der Waals surface area (Å²) in [5.41, 5.74) is -5.43. The van der Waals surface area contributed by atoms with Crippen LogP contribution in [0.15, 0.2) is 52.6 Å². The zero-order valence-electron chi connectivity index (χ0n) is 21.3. The van der Waals surface area contributed by atoms with Crippen LogP contribution in [0.25, 0.3) is 22.2 Å². The maximum absolute atomic E-state index is 14.9. The molecule has 4 rings (SSSR count). The molecule has 0 spiro atoms. The van der Waals surface area contributed by atoms with Crippen LogP contribution in [0.4, 0.5) is 39.5 Å². The van der Waals surface area contributed by atoms with Gasteiger partial charge in [0.15, 0.2) is 17.1 Å². The molecular formula is C25H18F9N5O4. The highest BCUT2D eigenvalue weighted by molar-refractivity contribution is 5.85. The highest BCUT2D eigenvalue weighted by Gasteiger charge is 2.39. The average molecular weight is 623 g/mol. The minimum absolute atomic E-state index is 0.0272. The second-order valence-electron chi connectivity index (χ2n) is 8.94. The van der Waals surface area contributed by atoms with Gasteiger partial charge >= 0.3 is 19.0 Å². The van der Waals surface area contributed by atoms with Gasteiger partial charge in [0.25, 0.3) is 11.1 Å². The van der Waals surface area contributed by atoms with Crippen LogP contribution in [0, 0.1) is 5.82 Å². The van der Waals surface area contributed by atoms with E-state index < -0.39 is 65.5 Å². The minimum Gasteiger partial charge on any atom is -0.485 e. The molecule has 0 saturated carbocycles. The molecule has 3 aromatic heterocycles. The van der Waals surface area contributed by atoms with Crippen molar-refractivity contribution in [2.24, 2.45) is 0 Å². The predicted octanol–water partition coefficient (Wildman–Crippen LogP) is 5.19. The fourth-order valence-electron chi connectivity index (χ4n) is 4.03. The number of ether oxygens (including phenoxy) is 2. The van der Waals surface area contributed by atoms with Crippen molar-refractivity contribution in [2.45, 2.75) is 44.5 Å². The standard InChI is InChI=1S/C25H18F9N5O4/c26-17-7-15-12(6-16(17)20-35-8-13(9-36-20)24(29,30)31)3-5-39(22(15)41)4-1-2-14(11-42-23(27)28)43-18-10-37-38-21(40)19(18)25(32,33)34/h3,5-10,14,23H,1-2,4,11H2,(H,38,40)/t14-/m0/s1. The van der Waals surface area contributed by atoms with Crippen LogP contribution in [0.3, 0.4) is 0 Å². The number of benzene rings is 1. The third-order valence-electron chi connectivity index (χ3n) is 6.02. The van der Waals surface area contributed by atoms with Crippen LogP contribution in [0.1, 0.15) is 24.0 Å². The van der Waals surface area contributed by atoms with E-state index in [0.29, 0.717) is 18.6 Å². The van der Waals surface area contributed by atoms with Gasteiger partial charge in [-0.1, -0.05) is 0 Å². The van der Waals surface area contributed by atoms with Crippen LogP contribution in [0.5, 0.6) is 5.75 Å². The van der Waals surface area contributed by atoms with Gasteiger partial charge in [-0.3, -0.25) is 9.59 Å². The van der Waals surface area contributed by atoms with Gasteiger partial charge in [-0.2, -0.15) is 40.2 Å². The van der Waals surface area contributed by atoms with Gasteiger partial charge in [0.1, 0.15) is 11.9 Å². The monoisotopic (exact) mass is 623 g/mol. The van der Waals surface area contributed by atoms with Crippen molar-refractivity contribution in [3.8, 4) is 17.1 Å². The van der Waals surface area contributed by atoms with E-state index in [0.717, 1.165) is 10.6 Å². The quantitative estimate of drug-likeness (QED) is 0.242. The minimum atomic E-state index is -5.15. The number of aromatic nitrogens is 5. The molecule has 230 valence electrons. The Labute approximate surface area is 233 Å². The summed E-state index contributed by atoms with van der Waals surface area (Å²) in [7, 11) is 0. The zero-order chi connectivity index (χ0) is 31.5. The second kappa shape index (κ2) is 12.4. The van der Waals surface area contributed by atoms with E-state index in [2.05, 4.69) is 19.8 Å². The van der Waals surface area contributed by atoms with E-state index in [1.807, 2.05) is 0 Å². The van der Waals surface area contributed by atoms with Gasteiger partial charge < -0.3 is 14.0 Å². The summed E-state index contributed by atoms with van der Waals surface area (Å²) in [6.07, 6.45) is -8.67. The Hall–Kier alpha value is -4.48. The number of aromatic amines is 1. The lowest BCUT2D eigenvalue weighted by Gasteiger charge is -2.21. The molecule has 4 aromatic rings. The molecule has 0 aliphatic rings. The van der Waals surface area contributed by atoms with Gasteiger partial charge in [0.2, 0.25) is 0 Å². The fourth-order valence-corrected chi connectivity index (χ4v) is 4.03. The molecule has 0 fully saturated rings. The van der Waals surface area contributed by atoms with Crippen LogP contribution in [-0.2, 0) is 23.6 Å². The van der Waals surface area contributed by atoms with Crippen molar-refractivity contribution in [1.29, 1.82) is 0 Å². The molecule has 43 heavy (non-hydrogen) atoms. The van der Waals surface area contributed by atoms with Gasteiger partial charge in [-0.05, 0) is 36.4 Å². The Morgan fingerprint density at radius 3 is 2.30 bits per heavy atom. The maximum atomic E-state index is 14.9. The van der Waals surface area contributed by atoms with Gasteiger partial charge in [0.05, 0.1) is 29.3 Å². The molecule has 0 saturated heterocycles. The highest BCUT2D eigenvalue weighted by Crippen LogP contribution is 2.34. The molecule has 3 heterocycles. The number of hydrogen-bond acceptors (Lipinski definition) is 7. The molecule has 18 heteroatoms. The third kappa shape index (κ3) is 7.49. The summed E-state index contributed by atoms with van der Waals surface area (Å²) in [5.74, 6) is -2.35. The van der Waals surface area contributed by atoms with Crippen LogP contribution >= 0.6 is 0 Å². The molecule has 1 aromatic carbocycles. The van der Waals surface area contributed by atoms with Crippen LogP contribution in [-0.4, -0.2) is 44.1 Å². The molecule has 0 bridgehead atoms. The number of nitrogens with one attached hydrogen (secondary N) is 1. The summed E-state index contributed by atoms with van der Waals surface area (Å²) in [6, 6.07) is 3.43. The number of H-pyrrole nitrogens is 1. The third-order valence-corrected chi connectivity index (χ3v) is 6.02. The molecule has 9 nitrogen and oxygen atoms in total. The largest absolute Gasteiger partial charge is 0.485 e. The second-order valence-corrected chi connectivity index (χ2v) is 8.94. The summed E-state index contributed by atoms with van der Waals surface area (Å²) >= 11 is 0. The normalized spacial score (nSPS) is 13.1. The number of pyridine rings is 1. The Bertz CT molecular complexity index is 1700. The van der Waals surface area contributed by atoms with Crippen molar-refractivity contribution in [3.63, 3.8) is 0 Å². The van der Waals surface area contributed by atoms with Crippen molar-refractivity contribution in [3.05, 3.63) is 80.6 Å². The summed E-state index contributed by atoms with van der Waals surface area (Å²) in [4.78, 5) is 31.7. The predicted molar refractivity (Wildman–Crippen MR) is 130 cm³/mol. The molecule has 0 aliphatic carbocycles. The van der Waals surface area contributed by atoms with Crippen molar-refractivity contribution in [1.82, 2.24) is 24.7 Å². The summed E-state index contributed by atoms with van der Waals surface area (Å²) < 4.78 is 129. The Morgan fingerprint density at radius 2 is 1.67 bits per heavy atom. The van der Waals surface area contributed by atoms with Crippen LogP contribution < -0.4 is 15.9 Å². The summed E-state index contributed by atoms with van der Waals surface area (Å²) in [6.45, 7) is -4.26. The lowest BCUT2D eigenvalue weighted by atomic mass is 10.1. The number of aryl methyl sites for hydroxylation is 1. The first-order valence-corrected chi connectivity index (χ1v) is 12.1. The zero-order valence-corrected chi connectivity index (χ0v) is 21.3. The first kappa shape index (κ1) is 31.5. The number of halogens is 9. The first-order chi connectivity index (χ1) is 20.1. The number of hydrogen-bond donors (Lipinski definition) is 1. The van der Waals surface area contributed by atoms with Gasteiger partial charge in [-0.15, -0.1) is 0 Å². The molecule has 0 amide bonds. The van der Waals surface area contributed by atoms with Gasteiger partial charge in [-0.25, -0.2) is 19.5 Å². The molecule has 0 unspecified atom stereocenters. The SMILES string of the molecule is O=c1[nH]ncc(O[C@@H](CCCn2ccc3cc(-c4ncc(C(F)(F)F)cn4)c(F)cc3c2=O)COC(F)F)c1C(F)(F)F. The Balaban J connectivity index is 1.52. The molecule has 0 aliphatic heterocycles. The van der Waals surface area contributed by atoms with E-state index in [1.165, 1.54) is 18.3 Å². The van der Waals surface area contributed by atoms with Crippen molar-refractivity contribution >= 4 is 10.8 Å². The van der Waals surface area contributed by atoms with Crippen molar-refractivity contribution in [2.75, 3.05) is 6.61 Å².